The van der Waals surface area contributed by atoms with Crippen molar-refractivity contribution in [2.24, 2.45) is 28.6 Å². The lowest BCUT2D eigenvalue weighted by atomic mass is 9.45. The van der Waals surface area contributed by atoms with Crippen molar-refractivity contribution in [2.45, 2.75) is 64.4 Å². The number of alkyl halides is 2. The quantitative estimate of drug-likeness (QED) is 0.426. The third-order valence-electron chi connectivity index (χ3n) is 8.17. The van der Waals surface area contributed by atoms with Crippen molar-refractivity contribution in [1.82, 2.24) is 0 Å². The zero-order valence-corrected chi connectivity index (χ0v) is 17.7. The highest BCUT2D eigenvalue weighted by molar-refractivity contribution is 5.83. The van der Waals surface area contributed by atoms with E-state index in [1.54, 1.807) is 26.0 Å². The van der Waals surface area contributed by atoms with Gasteiger partial charge in [0.15, 0.2) is 11.5 Å². The molecule has 1 N–H and O–H groups in total. The minimum absolute atomic E-state index is 0.0112. The summed E-state index contributed by atoms with van der Waals surface area (Å²) >= 11 is 0. The summed E-state index contributed by atoms with van der Waals surface area (Å²) in [6.07, 6.45) is 3.23. The van der Waals surface area contributed by atoms with Crippen LogP contribution in [-0.2, 0) is 14.3 Å². The molecule has 0 spiro atoms. The molecule has 6 heteroatoms. The van der Waals surface area contributed by atoms with Crippen molar-refractivity contribution in [2.75, 3.05) is 13.7 Å². The number of aldehydes is 1. The Hall–Kier alpha value is -1.40. The fourth-order valence-electron chi connectivity index (χ4n) is 6.97. The molecular weight excluding hydrogens is 378 g/mol. The van der Waals surface area contributed by atoms with E-state index in [4.69, 9.17) is 4.74 Å². The number of carbonyl (C=O) groups excluding carboxylic acids is 2. The second-order valence-electron chi connectivity index (χ2n) is 9.40. The van der Waals surface area contributed by atoms with Crippen LogP contribution < -0.4 is 0 Å². The minimum Gasteiger partial charge on any atom is -0.390 e. The van der Waals surface area contributed by atoms with Gasteiger partial charge in [0.1, 0.15) is 19.1 Å². The Balaban J connectivity index is 2.11. The van der Waals surface area contributed by atoms with Gasteiger partial charge in [0.2, 0.25) is 0 Å². The number of allylic oxidation sites excluding steroid dienone is 4. The molecule has 29 heavy (non-hydrogen) atoms. The first kappa shape index (κ1) is 22.3. The predicted molar refractivity (Wildman–Crippen MR) is 106 cm³/mol. The fourth-order valence-corrected chi connectivity index (χ4v) is 6.97. The molecule has 0 aromatic heterocycles. The molecule has 0 amide bonds. The average molecular weight is 411 g/mol. The summed E-state index contributed by atoms with van der Waals surface area (Å²) in [4.78, 5) is 23.8. The maximum Gasteiger partial charge on any atom is 0.162 e. The topological polar surface area (TPSA) is 63.6 Å². The Bertz CT molecular complexity index is 734. The molecule has 3 saturated carbocycles. The van der Waals surface area contributed by atoms with Crippen LogP contribution in [0.15, 0.2) is 23.8 Å². The van der Waals surface area contributed by atoms with Crippen LogP contribution in [0.3, 0.4) is 0 Å². The highest BCUT2D eigenvalue weighted by Crippen LogP contribution is 2.68. The average Bonchev–Trinajstić information content (AvgIpc) is 2.99. The fraction of sp³-hybridized carbons (Fsp3) is 0.739. The van der Waals surface area contributed by atoms with Gasteiger partial charge >= 0.3 is 0 Å². The Morgan fingerprint density at radius 2 is 2.00 bits per heavy atom. The highest BCUT2D eigenvalue weighted by atomic mass is 19.1. The molecule has 3 aliphatic carbocycles. The molecule has 0 bridgehead atoms. The third-order valence-corrected chi connectivity index (χ3v) is 8.17. The molecule has 8 atom stereocenters. The zero-order chi connectivity index (χ0) is 21.6. The Morgan fingerprint density at radius 3 is 2.59 bits per heavy atom. The van der Waals surface area contributed by atoms with Crippen LogP contribution in [0.25, 0.3) is 0 Å². The number of rotatable bonds is 5. The summed E-state index contributed by atoms with van der Waals surface area (Å²) in [5.74, 6) is -1.33. The molecule has 3 aliphatic rings. The normalized spacial score (nSPS) is 48.5. The smallest absolute Gasteiger partial charge is 0.162 e. The minimum atomic E-state index is -2.11. The van der Waals surface area contributed by atoms with E-state index >= 15 is 8.78 Å². The lowest BCUT2D eigenvalue weighted by Gasteiger charge is -2.62. The van der Waals surface area contributed by atoms with E-state index in [1.165, 1.54) is 7.11 Å². The van der Waals surface area contributed by atoms with Crippen molar-refractivity contribution < 1.29 is 28.2 Å². The summed E-state index contributed by atoms with van der Waals surface area (Å²) in [7, 11) is 1.47. The number of aliphatic hydroxyl groups is 1. The van der Waals surface area contributed by atoms with E-state index in [2.05, 4.69) is 0 Å². The molecule has 3 rings (SSSR count). The number of methoxy groups -OCH3 is 1. The van der Waals surface area contributed by atoms with Crippen LogP contribution in [0, 0.1) is 28.6 Å². The molecule has 0 radical (unpaired) electrons. The molecule has 6 unspecified atom stereocenters. The maximum atomic E-state index is 16.9. The summed E-state index contributed by atoms with van der Waals surface area (Å²) in [5.41, 5.74) is -4.06. The summed E-state index contributed by atoms with van der Waals surface area (Å²) in [5, 5.41) is 11.2. The second-order valence-corrected chi connectivity index (χ2v) is 9.40. The third kappa shape index (κ3) is 2.97. The first-order valence-electron chi connectivity index (χ1n) is 10.4. The van der Waals surface area contributed by atoms with Gasteiger partial charge in [-0.1, -0.05) is 19.1 Å². The predicted octanol–water partition coefficient (Wildman–Crippen LogP) is 3.77. The van der Waals surface area contributed by atoms with Crippen LogP contribution >= 0.6 is 0 Å². The Labute approximate surface area is 171 Å². The Morgan fingerprint density at radius 1 is 1.31 bits per heavy atom. The van der Waals surface area contributed by atoms with Crippen molar-refractivity contribution in [3.8, 4) is 0 Å². The van der Waals surface area contributed by atoms with E-state index in [-0.39, 0.29) is 42.6 Å². The van der Waals surface area contributed by atoms with Gasteiger partial charge in [-0.25, -0.2) is 8.78 Å². The van der Waals surface area contributed by atoms with Gasteiger partial charge < -0.3 is 9.84 Å². The summed E-state index contributed by atoms with van der Waals surface area (Å²) in [6.45, 7) is 5.22. The van der Waals surface area contributed by atoms with Gasteiger partial charge in [-0.15, -0.1) is 0 Å². The first-order valence-corrected chi connectivity index (χ1v) is 10.4. The monoisotopic (exact) mass is 410 g/mol. The molecule has 0 aromatic rings. The van der Waals surface area contributed by atoms with E-state index in [1.807, 2.05) is 6.92 Å². The number of Topliss-reactive ketones (excluding diaryl/α,β-unsaturated/α-hetero) is 1. The van der Waals surface area contributed by atoms with Crippen LogP contribution in [0.1, 0.15) is 46.5 Å². The largest absolute Gasteiger partial charge is 0.390 e. The number of halogens is 2. The summed E-state index contributed by atoms with van der Waals surface area (Å²) < 4.78 is 37.2. The van der Waals surface area contributed by atoms with Gasteiger partial charge in [-0.3, -0.25) is 9.59 Å². The number of ketones is 1. The molecule has 0 aromatic carbocycles. The number of aliphatic hydroxyl groups excluding tert-OH is 1. The van der Waals surface area contributed by atoms with E-state index in [0.717, 1.165) is 6.08 Å². The standard InChI is InChI=1S/C23H32F2O4/c1-5-9-22(3)15(8-10-26)18(24)11-17-14-6-7-16(19(27)13-29-4)21(14,2)12-20(28)23(17,22)25/h5,8-10,14,16-18,20,28H,6-7,11-13H2,1-4H3/b9-5-,15-8-/t14?,16?,17?,18-,20?,21?,22?,23-/m0/s1. The van der Waals surface area contributed by atoms with Crippen molar-refractivity contribution in [3.05, 3.63) is 23.8 Å². The van der Waals surface area contributed by atoms with Gasteiger partial charge in [0.25, 0.3) is 0 Å². The molecule has 0 saturated heterocycles. The first-order chi connectivity index (χ1) is 13.6. The van der Waals surface area contributed by atoms with Crippen LogP contribution in [0.4, 0.5) is 8.78 Å². The number of carbonyl (C=O) groups is 2. The number of hydrogen-bond donors (Lipinski definition) is 1. The van der Waals surface area contributed by atoms with Gasteiger partial charge in [0, 0.05) is 24.4 Å². The molecular formula is C23H32F2O4. The van der Waals surface area contributed by atoms with E-state index in [0.29, 0.717) is 19.1 Å². The van der Waals surface area contributed by atoms with E-state index < -0.39 is 34.7 Å². The summed E-state index contributed by atoms with van der Waals surface area (Å²) in [6, 6.07) is 0. The van der Waals surface area contributed by atoms with E-state index in [9.17, 15) is 14.7 Å². The maximum absolute atomic E-state index is 16.9. The lowest BCUT2D eigenvalue weighted by molar-refractivity contribution is -0.201. The zero-order valence-electron chi connectivity index (χ0n) is 17.7. The van der Waals surface area contributed by atoms with Crippen molar-refractivity contribution in [1.29, 1.82) is 0 Å². The molecule has 0 heterocycles. The highest BCUT2D eigenvalue weighted by Gasteiger charge is 2.71. The number of ether oxygens (including phenoxy) is 1. The van der Waals surface area contributed by atoms with Gasteiger partial charge in [0.05, 0.1) is 6.10 Å². The molecule has 162 valence electrons. The van der Waals surface area contributed by atoms with Gasteiger partial charge in [-0.2, -0.15) is 0 Å². The number of fused-ring (bicyclic) bond motifs is 3. The lowest BCUT2D eigenvalue weighted by Crippen LogP contribution is -2.68. The second kappa shape index (κ2) is 7.69. The number of hydrogen-bond acceptors (Lipinski definition) is 4. The van der Waals surface area contributed by atoms with Crippen molar-refractivity contribution >= 4 is 12.1 Å². The van der Waals surface area contributed by atoms with Crippen LogP contribution in [0.2, 0.25) is 0 Å². The molecule has 3 fully saturated rings. The molecule has 4 nitrogen and oxygen atoms in total. The van der Waals surface area contributed by atoms with Crippen molar-refractivity contribution in [3.63, 3.8) is 0 Å². The van der Waals surface area contributed by atoms with Crippen LogP contribution in [-0.4, -0.2) is 48.8 Å². The molecule has 0 aliphatic heterocycles. The SMILES string of the molecule is C/C=C\C1(C)/C(=C\C=O)[C@@H](F)CC2C3CCC(C(=O)COC)C3(C)CC(O)[C@@]21F. The van der Waals surface area contributed by atoms with Crippen LogP contribution in [0.5, 0.6) is 0 Å². The van der Waals surface area contributed by atoms with Gasteiger partial charge in [-0.05, 0) is 62.5 Å². The Kier molecular flexibility index (Phi) is 5.91.